The van der Waals surface area contributed by atoms with Crippen LogP contribution in [-0.2, 0) is 26.6 Å². The molecule has 0 aliphatic carbocycles. The molecule has 0 heterocycles. The fourth-order valence-electron chi connectivity index (χ4n) is 1.13. The van der Waals surface area contributed by atoms with Gasteiger partial charge in [0.1, 0.15) is 5.00 Å². The minimum Gasteiger partial charge on any atom is -0.376 e. The molecule has 0 fully saturated rings. The molecular weight excluding hydrogens is 296 g/mol. The van der Waals surface area contributed by atoms with Crippen molar-refractivity contribution in [2.75, 3.05) is 42.7 Å². The third-order valence-electron chi connectivity index (χ3n) is 2.10. The summed E-state index contributed by atoms with van der Waals surface area (Å²) in [6.45, 7) is 1.97. The van der Waals surface area contributed by atoms with E-state index in [1.54, 1.807) is 42.7 Å². The van der Waals surface area contributed by atoms with Gasteiger partial charge in [0.15, 0.2) is 0 Å². The third kappa shape index (κ3) is 7.17. The summed E-state index contributed by atoms with van der Waals surface area (Å²) in [5.41, 5.74) is 0. The summed E-state index contributed by atoms with van der Waals surface area (Å²) >= 11 is 5.98. The molecule has 0 aliphatic rings. The Kier molecular flexibility index (Phi) is 14.5. The van der Waals surface area contributed by atoms with Crippen LogP contribution in [0.15, 0.2) is 0 Å². The van der Waals surface area contributed by atoms with Crippen molar-refractivity contribution in [3.05, 3.63) is 0 Å². The predicted molar refractivity (Wildman–Crippen MR) is 73.5 cm³/mol. The fourth-order valence-corrected chi connectivity index (χ4v) is 4.20. The van der Waals surface area contributed by atoms with Gasteiger partial charge in [-0.15, -0.1) is 11.6 Å². The van der Waals surface area contributed by atoms with Gasteiger partial charge in [-0.1, -0.05) is 6.92 Å². The quantitative estimate of drug-likeness (QED) is 0.497. The van der Waals surface area contributed by atoms with E-state index >= 15 is 0 Å². The van der Waals surface area contributed by atoms with E-state index in [1.807, 2.05) is 6.92 Å². The van der Waals surface area contributed by atoms with E-state index in [1.165, 1.54) is 0 Å². The molecule has 0 saturated heterocycles. The molecule has 0 saturated carbocycles. The minimum absolute atomic E-state index is 0.164. The van der Waals surface area contributed by atoms with E-state index in [0.29, 0.717) is 0 Å². The van der Waals surface area contributed by atoms with Gasteiger partial charge < -0.3 is 26.6 Å². The Morgan fingerprint density at radius 2 is 1.22 bits per heavy atom. The predicted octanol–water partition coefficient (Wildman–Crippen LogP) is 1.33. The van der Waals surface area contributed by atoms with Crippen molar-refractivity contribution in [2.24, 2.45) is 0 Å². The molecule has 0 spiro atoms. The second kappa shape index (κ2) is 12.5. The highest BCUT2D eigenvalue weighted by Gasteiger charge is 2.45. The number of alkyl halides is 1. The van der Waals surface area contributed by atoms with Gasteiger partial charge in [0, 0.05) is 42.7 Å². The molecule has 1 atom stereocenters. The molecule has 0 aromatic rings. The van der Waals surface area contributed by atoms with Gasteiger partial charge in [-0.3, -0.25) is 0 Å². The highest BCUT2D eigenvalue weighted by atomic mass is 35.5. The van der Waals surface area contributed by atoms with E-state index in [4.69, 9.17) is 38.2 Å². The SMILES string of the molecule is CCC(Cl)[Si](OC)(OC)OC.CO[Si](OC)OC. The average molecular weight is 320 g/mol. The average Bonchev–Trinajstić information content (AvgIpc) is 2.43. The molecule has 0 bridgehead atoms. The Morgan fingerprint density at radius 3 is 1.28 bits per heavy atom. The van der Waals surface area contributed by atoms with Crippen molar-refractivity contribution in [3.63, 3.8) is 0 Å². The van der Waals surface area contributed by atoms with Gasteiger partial charge in [0.25, 0.3) is 0 Å². The normalized spacial score (nSPS) is 13.2. The maximum absolute atomic E-state index is 5.98. The molecule has 0 aliphatic heterocycles. The fraction of sp³-hybridized carbons (Fsp3) is 1.00. The van der Waals surface area contributed by atoms with Gasteiger partial charge in [-0.05, 0) is 6.42 Å². The van der Waals surface area contributed by atoms with Gasteiger partial charge in [0.2, 0.25) is 0 Å². The van der Waals surface area contributed by atoms with Crippen LogP contribution in [0, 0.1) is 0 Å². The van der Waals surface area contributed by atoms with Gasteiger partial charge in [0.05, 0.1) is 0 Å². The zero-order chi connectivity index (χ0) is 14.6. The summed E-state index contributed by atoms with van der Waals surface area (Å²) in [7, 11) is 5.43. The molecule has 0 rings (SSSR count). The molecule has 9 heteroatoms. The van der Waals surface area contributed by atoms with Crippen molar-refractivity contribution in [1.29, 1.82) is 0 Å². The first-order chi connectivity index (χ1) is 8.51. The molecule has 111 valence electrons. The van der Waals surface area contributed by atoms with Crippen LogP contribution in [0.3, 0.4) is 0 Å². The molecule has 18 heavy (non-hydrogen) atoms. The lowest BCUT2D eigenvalue weighted by molar-refractivity contribution is 0.120. The van der Waals surface area contributed by atoms with Crippen LogP contribution in [0.4, 0.5) is 0 Å². The molecule has 0 aromatic carbocycles. The second-order valence-electron chi connectivity index (χ2n) is 2.95. The Balaban J connectivity index is 0. The second-order valence-corrected chi connectivity index (χ2v) is 8.70. The first-order valence-corrected chi connectivity index (χ1v) is 8.76. The zero-order valence-corrected chi connectivity index (χ0v) is 14.9. The van der Waals surface area contributed by atoms with Crippen molar-refractivity contribution >= 4 is 29.9 Å². The lowest BCUT2D eigenvalue weighted by atomic mass is 10.6. The molecule has 1 radical (unpaired) electrons. The monoisotopic (exact) mass is 319 g/mol. The van der Waals surface area contributed by atoms with Crippen LogP contribution in [0.1, 0.15) is 13.3 Å². The molecular formula is C9H24ClO6Si2. The number of hydrogen-bond acceptors (Lipinski definition) is 6. The van der Waals surface area contributed by atoms with Gasteiger partial charge >= 0.3 is 18.3 Å². The zero-order valence-electron chi connectivity index (χ0n) is 12.1. The molecule has 0 amide bonds. The topological polar surface area (TPSA) is 55.4 Å². The molecule has 0 N–H and O–H groups in total. The number of halogens is 1. The van der Waals surface area contributed by atoms with Crippen molar-refractivity contribution in [2.45, 2.75) is 18.3 Å². The van der Waals surface area contributed by atoms with Crippen LogP contribution in [0.5, 0.6) is 0 Å². The Morgan fingerprint density at radius 1 is 0.889 bits per heavy atom. The Labute approximate surface area is 118 Å². The van der Waals surface area contributed by atoms with Crippen molar-refractivity contribution in [3.8, 4) is 0 Å². The minimum atomic E-state index is -2.56. The van der Waals surface area contributed by atoms with E-state index in [-0.39, 0.29) is 5.00 Å². The van der Waals surface area contributed by atoms with Crippen LogP contribution in [-0.4, -0.2) is 66.0 Å². The number of hydrogen-bond donors (Lipinski definition) is 0. The standard InChI is InChI=1S/C6H15ClO3Si.C3H9O3Si/c1-5-6(7)11(8-2,9-3)10-4;1-4-7(5-2)6-3/h6H,5H2,1-4H3;1-3H3. The lowest BCUT2D eigenvalue weighted by Gasteiger charge is -2.27. The summed E-state index contributed by atoms with van der Waals surface area (Å²) < 4.78 is 29.6. The van der Waals surface area contributed by atoms with E-state index in [9.17, 15) is 0 Å². The molecule has 0 aromatic heterocycles. The Hall–Kier alpha value is 0.484. The summed E-state index contributed by atoms with van der Waals surface area (Å²) in [6, 6.07) is 0. The first-order valence-electron chi connectivity index (χ1n) is 5.30. The summed E-state index contributed by atoms with van der Waals surface area (Å²) in [5.74, 6) is 0. The smallest absolute Gasteiger partial charge is 0.376 e. The maximum atomic E-state index is 5.98. The highest BCUT2D eigenvalue weighted by Crippen LogP contribution is 2.19. The van der Waals surface area contributed by atoms with Crippen LogP contribution in [0.2, 0.25) is 0 Å². The van der Waals surface area contributed by atoms with Gasteiger partial charge in [-0.25, -0.2) is 0 Å². The third-order valence-corrected chi connectivity index (χ3v) is 7.09. The summed E-state index contributed by atoms with van der Waals surface area (Å²) in [4.78, 5) is 0. The van der Waals surface area contributed by atoms with Crippen molar-refractivity contribution in [1.82, 2.24) is 0 Å². The maximum Gasteiger partial charge on any atom is 0.576 e. The van der Waals surface area contributed by atoms with Crippen LogP contribution in [0.25, 0.3) is 0 Å². The Bertz CT molecular complexity index is 167. The number of rotatable bonds is 8. The van der Waals surface area contributed by atoms with E-state index in [0.717, 1.165) is 6.42 Å². The van der Waals surface area contributed by atoms with Crippen LogP contribution < -0.4 is 0 Å². The molecule has 6 nitrogen and oxygen atoms in total. The van der Waals surface area contributed by atoms with Gasteiger partial charge in [-0.2, -0.15) is 0 Å². The van der Waals surface area contributed by atoms with E-state index < -0.39 is 18.3 Å². The summed E-state index contributed by atoms with van der Waals surface area (Å²) in [5, 5.41) is -0.164. The van der Waals surface area contributed by atoms with E-state index in [2.05, 4.69) is 0 Å². The summed E-state index contributed by atoms with van der Waals surface area (Å²) in [6.07, 6.45) is 0.781. The first kappa shape index (κ1) is 20.8. The molecule has 1 unspecified atom stereocenters. The highest BCUT2D eigenvalue weighted by molar-refractivity contribution is 6.71. The van der Waals surface area contributed by atoms with Crippen LogP contribution >= 0.6 is 11.6 Å². The lowest BCUT2D eigenvalue weighted by Crippen LogP contribution is -2.51. The largest absolute Gasteiger partial charge is 0.576 e. The van der Waals surface area contributed by atoms with Crippen molar-refractivity contribution < 1.29 is 26.6 Å².